The third kappa shape index (κ3) is 6.76. The molecule has 2 saturated heterocycles. The van der Waals surface area contributed by atoms with Gasteiger partial charge in [0.05, 0.1) is 0 Å². The summed E-state index contributed by atoms with van der Waals surface area (Å²) in [5, 5.41) is 0. The standard InChI is InChI=1S/C12H28N2O12P4/c15-27(16,17)11(28(18,19)20)13-5-1-9(2-6-13)10-3-7-14(8-4-10)12(29(21,22)23)30(24,25)26/h9-12H,1-8H2,(H2,15,16,17)(H2,18,19,20)(H2,21,22,23)(H2,24,25,26). The normalized spacial score (nSPS) is 22.9. The fraction of sp³-hybridized carbons (Fsp3) is 1.00. The molecule has 2 rings (SSSR count). The van der Waals surface area contributed by atoms with Gasteiger partial charge in [-0.05, 0) is 63.7 Å². The molecule has 8 N–H and O–H groups in total. The van der Waals surface area contributed by atoms with Crippen LogP contribution in [0.25, 0.3) is 0 Å². The van der Waals surface area contributed by atoms with E-state index in [-0.39, 0.29) is 38.0 Å². The molecule has 0 atom stereocenters. The molecule has 0 spiro atoms. The van der Waals surface area contributed by atoms with Crippen LogP contribution in [-0.2, 0) is 18.3 Å². The molecule has 0 aromatic heterocycles. The van der Waals surface area contributed by atoms with Crippen molar-refractivity contribution in [3.63, 3.8) is 0 Å². The first-order valence-corrected chi connectivity index (χ1v) is 15.8. The van der Waals surface area contributed by atoms with Crippen molar-refractivity contribution >= 4 is 30.4 Å². The summed E-state index contributed by atoms with van der Waals surface area (Å²) in [5.74, 6) is 0.113. The maximum Gasteiger partial charge on any atom is 0.354 e. The second-order valence-electron chi connectivity index (χ2n) is 7.80. The Balaban J connectivity index is 1.98. The van der Waals surface area contributed by atoms with E-state index in [0.717, 1.165) is 9.80 Å². The summed E-state index contributed by atoms with van der Waals surface area (Å²) in [5.41, 5.74) is -4.36. The molecule has 0 aliphatic carbocycles. The van der Waals surface area contributed by atoms with Crippen LogP contribution in [0.5, 0.6) is 0 Å². The Morgan fingerprint density at radius 2 is 0.700 bits per heavy atom. The Morgan fingerprint density at radius 1 is 0.500 bits per heavy atom. The molecule has 0 aromatic rings. The summed E-state index contributed by atoms with van der Waals surface area (Å²) in [4.78, 5) is 76.9. The zero-order valence-electron chi connectivity index (χ0n) is 15.9. The molecule has 178 valence electrons. The molecular weight excluding hydrogens is 488 g/mol. The van der Waals surface area contributed by atoms with Crippen molar-refractivity contribution in [1.82, 2.24) is 9.80 Å². The summed E-state index contributed by atoms with van der Waals surface area (Å²) in [6.45, 7) is 0.275. The van der Waals surface area contributed by atoms with Gasteiger partial charge in [-0.25, -0.2) is 0 Å². The molecule has 0 saturated carbocycles. The number of piperidine rings is 2. The van der Waals surface area contributed by atoms with Gasteiger partial charge in [-0.1, -0.05) is 0 Å². The minimum Gasteiger partial charge on any atom is -0.323 e. The quantitative estimate of drug-likeness (QED) is 0.203. The lowest BCUT2D eigenvalue weighted by Crippen LogP contribution is -2.46. The van der Waals surface area contributed by atoms with Crippen LogP contribution in [-0.4, -0.2) is 86.2 Å². The van der Waals surface area contributed by atoms with Crippen LogP contribution in [0.2, 0.25) is 0 Å². The van der Waals surface area contributed by atoms with Gasteiger partial charge in [-0.15, -0.1) is 0 Å². The Hall–Kier alpha value is 0.520. The summed E-state index contributed by atoms with van der Waals surface area (Å²) in [7, 11) is -20.2. The zero-order chi connectivity index (χ0) is 23.1. The van der Waals surface area contributed by atoms with Gasteiger partial charge in [0.2, 0.25) is 11.0 Å². The molecule has 2 aliphatic heterocycles. The second kappa shape index (κ2) is 9.41. The third-order valence-electron chi connectivity index (χ3n) is 5.67. The minimum absolute atomic E-state index is 0.0566. The maximum absolute atomic E-state index is 11.6. The summed E-state index contributed by atoms with van der Waals surface area (Å²) >= 11 is 0. The highest BCUT2D eigenvalue weighted by molar-refractivity contribution is 7.71. The van der Waals surface area contributed by atoms with E-state index in [1.807, 2.05) is 0 Å². The fourth-order valence-corrected chi connectivity index (χ4v) is 10.2. The van der Waals surface area contributed by atoms with Gasteiger partial charge in [0, 0.05) is 0 Å². The van der Waals surface area contributed by atoms with E-state index in [1.54, 1.807) is 0 Å². The van der Waals surface area contributed by atoms with Gasteiger partial charge in [0.15, 0.2) is 0 Å². The van der Waals surface area contributed by atoms with Crippen LogP contribution < -0.4 is 0 Å². The zero-order valence-corrected chi connectivity index (χ0v) is 19.4. The fourth-order valence-electron chi connectivity index (χ4n) is 4.49. The Labute approximate surface area is 172 Å². The Morgan fingerprint density at radius 3 is 0.867 bits per heavy atom. The molecule has 2 aliphatic rings. The van der Waals surface area contributed by atoms with E-state index in [0.29, 0.717) is 25.7 Å². The molecule has 0 aromatic carbocycles. The second-order valence-corrected chi connectivity index (χ2v) is 15.3. The lowest BCUT2D eigenvalue weighted by molar-refractivity contribution is 0.0891. The average molecular weight is 516 g/mol. The van der Waals surface area contributed by atoms with Crippen LogP contribution in [0, 0.1) is 11.8 Å². The third-order valence-corrected chi connectivity index (χ3v) is 13.0. The van der Waals surface area contributed by atoms with Gasteiger partial charge in [-0.3, -0.25) is 28.1 Å². The van der Waals surface area contributed by atoms with Crippen LogP contribution in [0.1, 0.15) is 25.7 Å². The number of nitrogens with zero attached hydrogens (tertiary/aromatic N) is 2. The molecule has 2 fully saturated rings. The van der Waals surface area contributed by atoms with Crippen molar-refractivity contribution in [3.8, 4) is 0 Å². The Bertz CT molecular complexity index is 675. The van der Waals surface area contributed by atoms with Crippen LogP contribution in [0.3, 0.4) is 0 Å². The summed E-state index contributed by atoms with van der Waals surface area (Å²) < 4.78 is 46.2. The SMILES string of the molecule is O=P(O)(O)C(N1CCC(C2CCN(C(P(=O)(O)O)P(=O)(O)O)CC2)CC1)P(=O)(O)O. The maximum atomic E-state index is 11.6. The molecule has 18 heteroatoms. The molecule has 0 bridgehead atoms. The summed E-state index contributed by atoms with van der Waals surface area (Å²) in [6.07, 6.45) is 1.67. The predicted molar refractivity (Wildman–Crippen MR) is 104 cm³/mol. The molecule has 14 nitrogen and oxygen atoms in total. The van der Waals surface area contributed by atoms with Crippen LogP contribution in [0.4, 0.5) is 0 Å². The summed E-state index contributed by atoms with van der Waals surface area (Å²) in [6, 6.07) is 0. The van der Waals surface area contributed by atoms with Gasteiger partial charge in [0.1, 0.15) is 0 Å². The van der Waals surface area contributed by atoms with E-state index in [2.05, 4.69) is 0 Å². The van der Waals surface area contributed by atoms with E-state index in [9.17, 15) is 57.4 Å². The highest BCUT2D eigenvalue weighted by Crippen LogP contribution is 2.63. The van der Waals surface area contributed by atoms with E-state index < -0.39 is 41.4 Å². The van der Waals surface area contributed by atoms with Crippen molar-refractivity contribution in [2.24, 2.45) is 11.8 Å². The van der Waals surface area contributed by atoms with Gasteiger partial charge in [-0.2, -0.15) is 0 Å². The first kappa shape index (κ1) is 26.8. The highest BCUT2D eigenvalue weighted by atomic mass is 31.2. The number of hydrogen-bond acceptors (Lipinski definition) is 6. The van der Waals surface area contributed by atoms with E-state index >= 15 is 0 Å². The van der Waals surface area contributed by atoms with Gasteiger partial charge >= 0.3 is 30.4 Å². The Kier molecular flexibility index (Phi) is 8.39. The lowest BCUT2D eigenvalue weighted by Gasteiger charge is -2.43. The molecule has 2 heterocycles. The van der Waals surface area contributed by atoms with E-state index in [4.69, 9.17) is 0 Å². The topological polar surface area (TPSA) is 237 Å². The van der Waals surface area contributed by atoms with Crippen molar-refractivity contribution < 1.29 is 57.4 Å². The smallest absolute Gasteiger partial charge is 0.323 e. The largest absolute Gasteiger partial charge is 0.354 e. The molecule has 0 radical (unpaired) electrons. The van der Waals surface area contributed by atoms with Crippen molar-refractivity contribution in [1.29, 1.82) is 0 Å². The first-order valence-electron chi connectivity index (χ1n) is 9.11. The van der Waals surface area contributed by atoms with E-state index in [1.165, 1.54) is 0 Å². The lowest BCUT2D eigenvalue weighted by atomic mass is 9.79. The molecular formula is C12H28N2O12P4. The molecule has 0 amide bonds. The number of hydrogen-bond donors (Lipinski definition) is 8. The minimum atomic E-state index is -5.06. The average Bonchev–Trinajstić information content (AvgIpc) is 2.51. The van der Waals surface area contributed by atoms with Gasteiger partial charge < -0.3 is 39.1 Å². The van der Waals surface area contributed by atoms with Crippen molar-refractivity contribution in [3.05, 3.63) is 0 Å². The van der Waals surface area contributed by atoms with Crippen molar-refractivity contribution in [2.75, 3.05) is 26.2 Å². The molecule has 30 heavy (non-hydrogen) atoms. The highest BCUT2D eigenvalue weighted by Gasteiger charge is 2.50. The van der Waals surface area contributed by atoms with Crippen LogP contribution >= 0.6 is 30.4 Å². The predicted octanol–water partition coefficient (Wildman–Crippen LogP) is -0.312. The number of rotatable bonds is 7. The first-order chi connectivity index (χ1) is 13.4. The number of likely N-dealkylation sites (tertiary alicyclic amines) is 2. The van der Waals surface area contributed by atoms with Gasteiger partial charge in [0.25, 0.3) is 0 Å². The van der Waals surface area contributed by atoms with Crippen molar-refractivity contribution in [2.45, 2.75) is 36.7 Å². The van der Waals surface area contributed by atoms with Crippen LogP contribution in [0.15, 0.2) is 0 Å². The molecule has 0 unspecified atom stereocenters. The monoisotopic (exact) mass is 516 g/mol.